The Kier molecular flexibility index (Phi) is 3.83. The minimum atomic E-state index is 0.475. The van der Waals surface area contributed by atoms with Gasteiger partial charge in [-0.2, -0.15) is 5.21 Å². The van der Waals surface area contributed by atoms with E-state index in [1.807, 2.05) is 24.3 Å². The molecule has 0 bridgehead atoms. The third-order valence-corrected chi connectivity index (χ3v) is 3.31. The average molecular weight is 301 g/mol. The van der Waals surface area contributed by atoms with E-state index in [1.165, 1.54) is 5.56 Å². The number of ether oxygens (including phenoxy) is 1. The molecule has 0 radical (unpaired) electrons. The monoisotopic (exact) mass is 300 g/mol. The SMILES string of the molecule is Cc1cccc(COc2ccc(-c3nn[nH]n3)cc2Cl)c1. The van der Waals surface area contributed by atoms with Gasteiger partial charge in [-0.3, -0.25) is 0 Å². The maximum atomic E-state index is 6.23. The van der Waals surface area contributed by atoms with E-state index in [9.17, 15) is 0 Å². The number of aromatic amines is 1. The fraction of sp³-hybridized carbons (Fsp3) is 0.133. The van der Waals surface area contributed by atoms with E-state index in [4.69, 9.17) is 16.3 Å². The Hall–Kier alpha value is -2.40. The molecule has 0 saturated carbocycles. The van der Waals surface area contributed by atoms with Gasteiger partial charge in [-0.15, -0.1) is 10.2 Å². The summed E-state index contributed by atoms with van der Waals surface area (Å²) >= 11 is 6.23. The topological polar surface area (TPSA) is 63.7 Å². The fourth-order valence-corrected chi connectivity index (χ4v) is 2.24. The van der Waals surface area contributed by atoms with Gasteiger partial charge in [0.1, 0.15) is 12.4 Å². The smallest absolute Gasteiger partial charge is 0.204 e. The summed E-state index contributed by atoms with van der Waals surface area (Å²) in [6.45, 7) is 2.53. The highest BCUT2D eigenvalue weighted by molar-refractivity contribution is 6.32. The van der Waals surface area contributed by atoms with E-state index < -0.39 is 0 Å². The number of hydrogen-bond donors (Lipinski definition) is 1. The van der Waals surface area contributed by atoms with Gasteiger partial charge in [0.2, 0.25) is 5.82 Å². The molecule has 5 nitrogen and oxygen atoms in total. The van der Waals surface area contributed by atoms with Crippen LogP contribution in [0.3, 0.4) is 0 Å². The first-order valence-electron chi connectivity index (χ1n) is 6.44. The van der Waals surface area contributed by atoms with Gasteiger partial charge < -0.3 is 4.74 Å². The quantitative estimate of drug-likeness (QED) is 0.802. The Bertz CT molecular complexity index is 743. The summed E-state index contributed by atoms with van der Waals surface area (Å²) < 4.78 is 5.75. The molecule has 0 atom stereocenters. The normalized spacial score (nSPS) is 10.6. The second-order valence-electron chi connectivity index (χ2n) is 4.66. The molecule has 6 heteroatoms. The molecule has 0 aliphatic rings. The predicted molar refractivity (Wildman–Crippen MR) is 80.1 cm³/mol. The first-order valence-corrected chi connectivity index (χ1v) is 6.82. The highest BCUT2D eigenvalue weighted by Crippen LogP contribution is 2.29. The summed E-state index contributed by atoms with van der Waals surface area (Å²) in [5.74, 6) is 1.13. The maximum Gasteiger partial charge on any atom is 0.204 e. The molecule has 2 aromatic carbocycles. The van der Waals surface area contributed by atoms with E-state index in [-0.39, 0.29) is 0 Å². The van der Waals surface area contributed by atoms with Crippen molar-refractivity contribution in [1.82, 2.24) is 20.6 Å². The molecule has 0 saturated heterocycles. The van der Waals surface area contributed by atoms with Gasteiger partial charge in [0.05, 0.1) is 5.02 Å². The number of nitrogens with one attached hydrogen (secondary N) is 1. The molecule has 0 unspecified atom stereocenters. The zero-order valence-corrected chi connectivity index (χ0v) is 12.1. The number of benzene rings is 2. The molecular formula is C15H13ClN4O. The Morgan fingerprint density at radius 2 is 2.10 bits per heavy atom. The summed E-state index contributed by atoms with van der Waals surface area (Å²) in [5, 5.41) is 14.3. The second-order valence-corrected chi connectivity index (χ2v) is 5.07. The molecule has 0 aliphatic heterocycles. The Labute approximate surface area is 126 Å². The van der Waals surface area contributed by atoms with Crippen molar-refractivity contribution in [3.63, 3.8) is 0 Å². The van der Waals surface area contributed by atoms with E-state index in [2.05, 4.69) is 39.7 Å². The minimum Gasteiger partial charge on any atom is -0.487 e. The number of nitrogens with zero attached hydrogens (tertiary/aromatic N) is 3. The van der Waals surface area contributed by atoms with Gasteiger partial charge in [-0.25, -0.2) is 0 Å². The molecule has 106 valence electrons. The largest absolute Gasteiger partial charge is 0.487 e. The van der Waals surface area contributed by atoms with Gasteiger partial charge in [0, 0.05) is 5.56 Å². The van der Waals surface area contributed by atoms with Crippen LogP contribution in [0, 0.1) is 6.92 Å². The summed E-state index contributed by atoms with van der Waals surface area (Å²) in [6, 6.07) is 13.6. The van der Waals surface area contributed by atoms with Gasteiger partial charge >= 0.3 is 0 Å². The van der Waals surface area contributed by atoms with E-state index in [0.717, 1.165) is 11.1 Å². The first-order chi connectivity index (χ1) is 10.2. The molecule has 1 N–H and O–H groups in total. The van der Waals surface area contributed by atoms with Crippen molar-refractivity contribution < 1.29 is 4.74 Å². The number of hydrogen-bond acceptors (Lipinski definition) is 4. The zero-order chi connectivity index (χ0) is 14.7. The number of aryl methyl sites for hydroxylation is 1. The van der Waals surface area contributed by atoms with Crippen LogP contribution in [0.5, 0.6) is 5.75 Å². The van der Waals surface area contributed by atoms with Crippen LogP contribution in [0.2, 0.25) is 5.02 Å². The Morgan fingerprint density at radius 3 is 2.81 bits per heavy atom. The molecule has 0 amide bonds. The van der Waals surface area contributed by atoms with Crippen molar-refractivity contribution in [3.05, 3.63) is 58.6 Å². The van der Waals surface area contributed by atoms with E-state index in [1.54, 1.807) is 6.07 Å². The van der Waals surface area contributed by atoms with Crippen LogP contribution in [-0.2, 0) is 6.61 Å². The molecule has 0 fully saturated rings. The number of H-pyrrole nitrogens is 1. The third kappa shape index (κ3) is 3.20. The van der Waals surface area contributed by atoms with Gasteiger partial charge in [-0.05, 0) is 35.9 Å². The van der Waals surface area contributed by atoms with Crippen LogP contribution in [0.15, 0.2) is 42.5 Å². The zero-order valence-electron chi connectivity index (χ0n) is 11.4. The summed E-state index contributed by atoms with van der Waals surface area (Å²) in [4.78, 5) is 0. The number of rotatable bonds is 4. The lowest BCUT2D eigenvalue weighted by molar-refractivity contribution is 0.306. The number of tetrazole rings is 1. The number of aromatic nitrogens is 4. The highest BCUT2D eigenvalue weighted by atomic mass is 35.5. The van der Waals surface area contributed by atoms with Crippen molar-refractivity contribution in [1.29, 1.82) is 0 Å². The maximum absolute atomic E-state index is 6.23. The van der Waals surface area contributed by atoms with Gasteiger partial charge in [0.15, 0.2) is 0 Å². The fourth-order valence-electron chi connectivity index (χ4n) is 2.00. The predicted octanol–water partition coefficient (Wildman–Crippen LogP) is 3.41. The van der Waals surface area contributed by atoms with Crippen LogP contribution in [0.25, 0.3) is 11.4 Å². The lowest BCUT2D eigenvalue weighted by Gasteiger charge is -2.09. The molecule has 1 heterocycles. The van der Waals surface area contributed by atoms with Crippen LogP contribution >= 0.6 is 11.6 Å². The highest BCUT2D eigenvalue weighted by Gasteiger charge is 2.08. The third-order valence-electron chi connectivity index (χ3n) is 3.01. The Balaban J connectivity index is 1.74. The second kappa shape index (κ2) is 5.93. The minimum absolute atomic E-state index is 0.475. The van der Waals surface area contributed by atoms with Crippen LogP contribution in [0.4, 0.5) is 0 Å². The number of halogens is 1. The lowest BCUT2D eigenvalue weighted by Crippen LogP contribution is -1.96. The summed E-state index contributed by atoms with van der Waals surface area (Å²) in [5.41, 5.74) is 3.10. The van der Waals surface area contributed by atoms with Crippen molar-refractivity contribution in [2.75, 3.05) is 0 Å². The van der Waals surface area contributed by atoms with E-state index >= 15 is 0 Å². The van der Waals surface area contributed by atoms with Crippen molar-refractivity contribution in [2.45, 2.75) is 13.5 Å². The molecule has 3 aromatic rings. The average Bonchev–Trinajstić information content (AvgIpc) is 3.00. The molecule has 3 rings (SSSR count). The van der Waals surface area contributed by atoms with Gasteiger partial charge in [0.25, 0.3) is 0 Å². The lowest BCUT2D eigenvalue weighted by atomic mass is 10.1. The molecule has 21 heavy (non-hydrogen) atoms. The van der Waals surface area contributed by atoms with Crippen LogP contribution in [-0.4, -0.2) is 20.6 Å². The molecule has 0 aliphatic carbocycles. The molecule has 1 aromatic heterocycles. The van der Waals surface area contributed by atoms with Gasteiger partial charge in [-0.1, -0.05) is 41.4 Å². The van der Waals surface area contributed by atoms with Crippen molar-refractivity contribution in [3.8, 4) is 17.1 Å². The summed E-state index contributed by atoms with van der Waals surface area (Å²) in [7, 11) is 0. The summed E-state index contributed by atoms with van der Waals surface area (Å²) in [6.07, 6.45) is 0. The Morgan fingerprint density at radius 1 is 1.19 bits per heavy atom. The standard InChI is InChI=1S/C15H13ClN4O/c1-10-3-2-4-11(7-10)9-21-14-6-5-12(8-13(14)16)15-17-19-20-18-15/h2-8H,9H2,1H3,(H,17,18,19,20). The van der Waals surface area contributed by atoms with E-state index in [0.29, 0.717) is 23.2 Å². The molecule has 0 spiro atoms. The first kappa shape index (κ1) is 13.6. The van der Waals surface area contributed by atoms with Crippen LogP contribution in [0.1, 0.15) is 11.1 Å². The molecular weight excluding hydrogens is 288 g/mol. The van der Waals surface area contributed by atoms with Crippen molar-refractivity contribution >= 4 is 11.6 Å². The van der Waals surface area contributed by atoms with Crippen LogP contribution < -0.4 is 4.74 Å². The van der Waals surface area contributed by atoms with Crippen molar-refractivity contribution in [2.24, 2.45) is 0 Å².